The van der Waals surface area contributed by atoms with Gasteiger partial charge < -0.3 is 10.1 Å². The molecule has 2 rings (SSSR count). The number of hydrogen-bond acceptors (Lipinski definition) is 8. The van der Waals surface area contributed by atoms with Crippen molar-refractivity contribution in [1.82, 2.24) is 4.72 Å². The van der Waals surface area contributed by atoms with Crippen LogP contribution in [0.15, 0.2) is 46.2 Å². The number of carbonyl (C=O) groups is 2. The highest BCUT2D eigenvalue weighted by atomic mass is 35.5. The van der Waals surface area contributed by atoms with Crippen molar-refractivity contribution in [3.05, 3.63) is 57.1 Å². The molecule has 2 aromatic carbocycles. The Morgan fingerprint density at radius 1 is 1.23 bits per heavy atom. The minimum absolute atomic E-state index is 0.294. The quantitative estimate of drug-likeness (QED) is 0.237. The van der Waals surface area contributed by atoms with Gasteiger partial charge in [0.25, 0.3) is 11.6 Å². The van der Waals surface area contributed by atoms with E-state index < -0.39 is 40.0 Å². The topological polar surface area (TPSA) is 145 Å². The maximum Gasteiger partial charge on any atom is 0.321 e. The Morgan fingerprint density at radius 2 is 1.94 bits per heavy atom. The molecular weight excluding hydrogens is 470 g/mol. The van der Waals surface area contributed by atoms with Crippen molar-refractivity contribution in [1.29, 1.82) is 0 Å². The molecule has 0 unspecified atom stereocenters. The first kappa shape index (κ1) is 24.6. The van der Waals surface area contributed by atoms with E-state index in [1.165, 1.54) is 12.1 Å². The number of carbonyl (C=O) groups excluding carboxylic acids is 2. The van der Waals surface area contributed by atoms with Crippen LogP contribution in [-0.4, -0.2) is 44.6 Å². The van der Waals surface area contributed by atoms with Crippen LogP contribution in [0.25, 0.3) is 0 Å². The summed E-state index contributed by atoms with van der Waals surface area (Å²) in [5.41, 5.74) is 0.865. The minimum Gasteiger partial charge on any atom is -0.455 e. The zero-order chi connectivity index (χ0) is 23.2. The molecule has 2 N–H and O–H groups in total. The van der Waals surface area contributed by atoms with Crippen LogP contribution < -0.4 is 10.0 Å². The van der Waals surface area contributed by atoms with Crippen molar-refractivity contribution in [3.8, 4) is 0 Å². The molecule has 0 spiro atoms. The maximum atomic E-state index is 12.3. The predicted molar refractivity (Wildman–Crippen MR) is 116 cm³/mol. The Labute approximate surface area is 187 Å². The van der Waals surface area contributed by atoms with Crippen LogP contribution in [0, 0.1) is 17.0 Å². The van der Waals surface area contributed by atoms with E-state index in [2.05, 4.69) is 5.32 Å². The number of ether oxygens (including phenoxy) is 1. The number of rotatable bonds is 9. The smallest absolute Gasteiger partial charge is 0.321 e. The van der Waals surface area contributed by atoms with E-state index in [-0.39, 0.29) is 10.6 Å². The van der Waals surface area contributed by atoms with E-state index in [4.69, 9.17) is 16.3 Å². The first-order valence-electron chi connectivity index (χ1n) is 8.57. The van der Waals surface area contributed by atoms with Crippen LogP contribution in [0.3, 0.4) is 0 Å². The average Bonchev–Trinajstić information content (AvgIpc) is 2.72. The van der Waals surface area contributed by atoms with Gasteiger partial charge in [0.15, 0.2) is 6.61 Å². The van der Waals surface area contributed by atoms with Crippen molar-refractivity contribution in [2.24, 2.45) is 0 Å². The number of aryl methyl sites for hydroxylation is 1. The second kappa shape index (κ2) is 10.6. The van der Waals surface area contributed by atoms with E-state index in [1.54, 1.807) is 24.5 Å². The number of nitro benzene ring substituents is 1. The second-order valence-corrected chi connectivity index (χ2v) is 9.13. The van der Waals surface area contributed by atoms with Gasteiger partial charge >= 0.3 is 5.97 Å². The van der Waals surface area contributed by atoms with Gasteiger partial charge in [-0.3, -0.25) is 19.7 Å². The molecule has 13 heteroatoms. The Hall–Kier alpha value is -2.67. The molecule has 31 heavy (non-hydrogen) atoms. The molecule has 0 aromatic heterocycles. The van der Waals surface area contributed by atoms with Crippen LogP contribution >= 0.6 is 23.4 Å². The lowest BCUT2D eigenvalue weighted by Gasteiger charge is -2.10. The van der Waals surface area contributed by atoms with Gasteiger partial charge in [-0.25, -0.2) is 8.42 Å². The molecule has 0 aliphatic carbocycles. The lowest BCUT2D eigenvalue weighted by atomic mass is 10.2. The molecule has 0 atom stereocenters. The summed E-state index contributed by atoms with van der Waals surface area (Å²) in [4.78, 5) is 34.0. The molecule has 10 nitrogen and oxygen atoms in total. The maximum absolute atomic E-state index is 12.3. The van der Waals surface area contributed by atoms with E-state index in [1.807, 2.05) is 11.6 Å². The fourth-order valence-electron chi connectivity index (χ4n) is 2.32. The largest absolute Gasteiger partial charge is 0.455 e. The molecule has 0 aliphatic heterocycles. The highest BCUT2D eigenvalue weighted by molar-refractivity contribution is 7.98. The number of nitrogens with zero attached hydrogens (tertiary/aromatic N) is 1. The summed E-state index contributed by atoms with van der Waals surface area (Å²) >= 11 is 7.10. The fourth-order valence-corrected chi connectivity index (χ4v) is 4.14. The molecule has 0 saturated carbocycles. The zero-order valence-electron chi connectivity index (χ0n) is 16.4. The minimum atomic E-state index is -4.22. The molecule has 0 aliphatic rings. The summed E-state index contributed by atoms with van der Waals surface area (Å²) in [6.45, 7) is 0.410. The molecule has 0 heterocycles. The molecule has 0 radical (unpaired) electrons. The number of amides is 1. The van der Waals surface area contributed by atoms with Crippen LogP contribution in [-0.2, 0) is 24.3 Å². The predicted octanol–water partition coefficient (Wildman–Crippen LogP) is 2.74. The summed E-state index contributed by atoms with van der Waals surface area (Å²) in [5.74, 6) is -1.67. The first-order chi connectivity index (χ1) is 14.5. The monoisotopic (exact) mass is 487 g/mol. The summed E-state index contributed by atoms with van der Waals surface area (Å²) in [6, 6.07) is 8.36. The average molecular weight is 488 g/mol. The number of halogens is 1. The number of sulfonamides is 1. The van der Waals surface area contributed by atoms with Crippen molar-refractivity contribution in [2.75, 3.05) is 24.7 Å². The summed E-state index contributed by atoms with van der Waals surface area (Å²) < 4.78 is 31.3. The fraction of sp³-hybridized carbons (Fsp3) is 0.222. The van der Waals surface area contributed by atoms with Gasteiger partial charge in [0.1, 0.15) is 6.54 Å². The molecule has 2 aromatic rings. The standard InChI is InChI=1S/C18H18ClN3O7S2/c1-11-3-5-14(13(19)7-11)21-17(23)10-29-18(24)9-20-31(27,28)12-4-6-16(30-2)15(8-12)22(25)26/h3-8,20H,9-10H2,1-2H3,(H,21,23). The third-order valence-corrected chi connectivity index (χ3v) is 6.32. The van der Waals surface area contributed by atoms with Gasteiger partial charge in [0.2, 0.25) is 10.0 Å². The van der Waals surface area contributed by atoms with Gasteiger partial charge in [-0.05, 0) is 43.0 Å². The Morgan fingerprint density at radius 3 is 2.55 bits per heavy atom. The van der Waals surface area contributed by atoms with E-state index in [0.717, 1.165) is 23.4 Å². The van der Waals surface area contributed by atoms with E-state index in [0.29, 0.717) is 15.6 Å². The number of thioether (sulfide) groups is 1. The Balaban J connectivity index is 1.92. The number of nitro groups is 1. The van der Waals surface area contributed by atoms with Gasteiger partial charge in [-0.1, -0.05) is 17.7 Å². The third kappa shape index (κ3) is 6.92. The second-order valence-electron chi connectivity index (χ2n) is 6.11. The van der Waals surface area contributed by atoms with E-state index in [9.17, 15) is 28.1 Å². The number of nitrogens with one attached hydrogen (secondary N) is 2. The van der Waals surface area contributed by atoms with Crippen molar-refractivity contribution in [2.45, 2.75) is 16.7 Å². The van der Waals surface area contributed by atoms with Crippen molar-refractivity contribution >= 4 is 56.6 Å². The first-order valence-corrected chi connectivity index (χ1v) is 11.7. The number of anilines is 1. The van der Waals surface area contributed by atoms with Crippen LogP contribution in [0.2, 0.25) is 5.02 Å². The summed E-state index contributed by atoms with van der Waals surface area (Å²) in [6.07, 6.45) is 1.62. The molecule has 0 fully saturated rings. The summed E-state index contributed by atoms with van der Waals surface area (Å²) in [5, 5.41) is 13.9. The molecule has 0 bridgehead atoms. The lowest BCUT2D eigenvalue weighted by Crippen LogP contribution is -2.32. The number of benzene rings is 2. The molecule has 1 amide bonds. The van der Waals surface area contributed by atoms with Crippen LogP contribution in [0.1, 0.15) is 5.56 Å². The van der Waals surface area contributed by atoms with Gasteiger partial charge in [-0.15, -0.1) is 11.8 Å². The lowest BCUT2D eigenvalue weighted by molar-refractivity contribution is -0.388. The highest BCUT2D eigenvalue weighted by Gasteiger charge is 2.22. The Bertz CT molecular complexity index is 1120. The van der Waals surface area contributed by atoms with Crippen molar-refractivity contribution in [3.63, 3.8) is 0 Å². The van der Waals surface area contributed by atoms with Crippen LogP contribution in [0.4, 0.5) is 11.4 Å². The molecule has 166 valence electrons. The summed E-state index contributed by atoms with van der Waals surface area (Å²) in [7, 11) is -4.22. The molecule has 0 saturated heterocycles. The van der Waals surface area contributed by atoms with Gasteiger partial charge in [0, 0.05) is 6.07 Å². The van der Waals surface area contributed by atoms with Crippen LogP contribution in [0.5, 0.6) is 0 Å². The van der Waals surface area contributed by atoms with Crippen molar-refractivity contribution < 1.29 is 27.7 Å². The third-order valence-electron chi connectivity index (χ3n) is 3.83. The highest BCUT2D eigenvalue weighted by Crippen LogP contribution is 2.29. The molecular formula is C18H18ClN3O7S2. The van der Waals surface area contributed by atoms with E-state index >= 15 is 0 Å². The SMILES string of the molecule is CSc1ccc(S(=O)(=O)NCC(=O)OCC(=O)Nc2ccc(C)cc2Cl)cc1[N+](=O)[O-]. The van der Waals surface area contributed by atoms with Gasteiger partial charge in [0.05, 0.1) is 25.4 Å². The number of esters is 1. The number of hydrogen-bond donors (Lipinski definition) is 2. The zero-order valence-corrected chi connectivity index (χ0v) is 18.8. The van der Waals surface area contributed by atoms with Gasteiger partial charge in [-0.2, -0.15) is 4.72 Å². The normalized spacial score (nSPS) is 11.1. The Kier molecular flexibility index (Phi) is 8.39.